The third-order valence-electron chi connectivity index (χ3n) is 3.07. The van der Waals surface area contributed by atoms with Crippen molar-refractivity contribution in [3.8, 4) is 11.5 Å². The number of non-ortho nitro benzene ring substituents is 1. The summed E-state index contributed by atoms with van der Waals surface area (Å²) >= 11 is 0. The summed E-state index contributed by atoms with van der Waals surface area (Å²) in [4.78, 5) is 21.8. The molecule has 0 saturated carbocycles. The van der Waals surface area contributed by atoms with Gasteiger partial charge in [0.25, 0.3) is 5.69 Å². The molecule has 0 aliphatic carbocycles. The van der Waals surface area contributed by atoms with Crippen LogP contribution in [0.25, 0.3) is 0 Å². The molecule has 0 aromatic heterocycles. The van der Waals surface area contributed by atoms with E-state index in [9.17, 15) is 28.1 Å². The van der Waals surface area contributed by atoms with Crippen molar-refractivity contribution < 1.29 is 32.4 Å². The zero-order chi connectivity index (χ0) is 18.6. The van der Waals surface area contributed by atoms with E-state index in [4.69, 9.17) is 9.47 Å². The Morgan fingerprint density at radius 3 is 2.32 bits per heavy atom. The molecule has 0 aliphatic heterocycles. The van der Waals surface area contributed by atoms with Gasteiger partial charge in [0.1, 0.15) is 11.5 Å². The normalized spacial score (nSPS) is 12.3. The molecule has 0 radical (unpaired) electrons. The van der Waals surface area contributed by atoms with Gasteiger partial charge in [0.05, 0.1) is 10.5 Å². The summed E-state index contributed by atoms with van der Waals surface area (Å²) in [5.74, 6) is -0.940. The molecule has 0 heterocycles. The van der Waals surface area contributed by atoms with Crippen LogP contribution in [0, 0.1) is 10.1 Å². The first-order valence-corrected chi connectivity index (χ1v) is 6.97. The first-order chi connectivity index (χ1) is 11.7. The monoisotopic (exact) mass is 355 g/mol. The fraction of sp³-hybridized carbons (Fsp3) is 0.188. The second kappa shape index (κ2) is 7.20. The number of hydrogen-bond acceptors (Lipinski definition) is 5. The molecule has 0 saturated heterocycles. The Kier molecular flexibility index (Phi) is 5.26. The predicted molar refractivity (Wildman–Crippen MR) is 80.3 cm³/mol. The van der Waals surface area contributed by atoms with Gasteiger partial charge in [0.2, 0.25) is 0 Å². The van der Waals surface area contributed by atoms with Crippen LogP contribution in [0.3, 0.4) is 0 Å². The average Bonchev–Trinajstić information content (AvgIpc) is 2.54. The standard InChI is InChI=1S/C16H12F3NO5/c1-10(24-14-4-2-3-11(9-14)16(17,18)19)15(21)25-13-7-5-12(6-8-13)20(22)23/h2-10H,1H3. The Morgan fingerprint density at radius 2 is 1.76 bits per heavy atom. The quantitative estimate of drug-likeness (QED) is 0.351. The molecule has 132 valence electrons. The number of ether oxygens (including phenoxy) is 2. The van der Waals surface area contributed by atoms with E-state index in [1.54, 1.807) is 0 Å². The maximum atomic E-state index is 12.6. The predicted octanol–water partition coefficient (Wildman–Crippen LogP) is 3.99. The summed E-state index contributed by atoms with van der Waals surface area (Å²) in [5, 5.41) is 10.5. The van der Waals surface area contributed by atoms with Crippen LogP contribution in [0.1, 0.15) is 12.5 Å². The smallest absolute Gasteiger partial charge is 0.416 e. The third kappa shape index (κ3) is 4.93. The molecule has 0 amide bonds. The number of nitro benzene ring substituents is 1. The maximum Gasteiger partial charge on any atom is 0.416 e. The molecule has 6 nitrogen and oxygen atoms in total. The van der Waals surface area contributed by atoms with Crippen LogP contribution in [0.4, 0.5) is 18.9 Å². The second-order valence-electron chi connectivity index (χ2n) is 4.96. The van der Waals surface area contributed by atoms with Gasteiger partial charge in [-0.05, 0) is 37.3 Å². The number of nitro groups is 1. The third-order valence-corrected chi connectivity index (χ3v) is 3.07. The minimum atomic E-state index is -4.53. The first-order valence-electron chi connectivity index (χ1n) is 6.97. The molecule has 9 heteroatoms. The first kappa shape index (κ1) is 18.2. The summed E-state index contributed by atoms with van der Waals surface area (Å²) in [6.07, 6.45) is -5.71. The lowest BCUT2D eigenvalue weighted by molar-refractivity contribution is -0.384. The molecule has 2 aromatic carbocycles. The van der Waals surface area contributed by atoms with Crippen LogP contribution < -0.4 is 9.47 Å². The molecule has 0 N–H and O–H groups in total. The molecule has 0 bridgehead atoms. The summed E-state index contributed by atoms with van der Waals surface area (Å²) in [5.41, 5.74) is -1.08. The molecular formula is C16H12F3NO5. The number of carbonyl (C=O) groups excluding carboxylic acids is 1. The molecule has 2 aromatic rings. The number of rotatable bonds is 5. The van der Waals surface area contributed by atoms with E-state index in [0.717, 1.165) is 30.3 Å². The van der Waals surface area contributed by atoms with Crippen molar-refractivity contribution in [3.63, 3.8) is 0 Å². The molecule has 1 unspecified atom stereocenters. The van der Waals surface area contributed by atoms with Crippen LogP contribution in [-0.4, -0.2) is 17.0 Å². The van der Waals surface area contributed by atoms with Crippen LogP contribution in [0.5, 0.6) is 11.5 Å². The Hall–Kier alpha value is -3.10. The number of nitrogens with zero attached hydrogens (tertiary/aromatic N) is 1. The average molecular weight is 355 g/mol. The van der Waals surface area contributed by atoms with Gasteiger partial charge >= 0.3 is 12.1 Å². The minimum Gasteiger partial charge on any atom is -0.479 e. The summed E-state index contributed by atoms with van der Waals surface area (Å²) < 4.78 is 48.1. The lowest BCUT2D eigenvalue weighted by Crippen LogP contribution is -2.28. The van der Waals surface area contributed by atoms with Gasteiger partial charge in [-0.25, -0.2) is 4.79 Å². The minimum absolute atomic E-state index is 0.0510. The highest BCUT2D eigenvalue weighted by molar-refractivity contribution is 5.77. The van der Waals surface area contributed by atoms with E-state index in [0.29, 0.717) is 0 Å². The largest absolute Gasteiger partial charge is 0.479 e. The van der Waals surface area contributed by atoms with E-state index >= 15 is 0 Å². The van der Waals surface area contributed by atoms with Crippen molar-refractivity contribution in [2.75, 3.05) is 0 Å². The van der Waals surface area contributed by atoms with Gasteiger partial charge < -0.3 is 9.47 Å². The zero-order valence-corrected chi connectivity index (χ0v) is 12.8. The molecule has 0 spiro atoms. The fourth-order valence-electron chi connectivity index (χ4n) is 1.83. The molecule has 25 heavy (non-hydrogen) atoms. The van der Waals surface area contributed by atoms with Crippen molar-refractivity contribution in [1.82, 2.24) is 0 Å². The fourth-order valence-corrected chi connectivity index (χ4v) is 1.83. The molecular weight excluding hydrogens is 343 g/mol. The molecule has 1 atom stereocenters. The van der Waals surface area contributed by atoms with Gasteiger partial charge in [-0.3, -0.25) is 10.1 Å². The lowest BCUT2D eigenvalue weighted by Gasteiger charge is -2.15. The van der Waals surface area contributed by atoms with Crippen molar-refractivity contribution in [2.45, 2.75) is 19.2 Å². The van der Waals surface area contributed by atoms with E-state index in [1.807, 2.05) is 0 Å². The van der Waals surface area contributed by atoms with Gasteiger partial charge in [-0.15, -0.1) is 0 Å². The van der Waals surface area contributed by atoms with E-state index in [1.165, 1.54) is 25.1 Å². The van der Waals surface area contributed by atoms with Gasteiger partial charge in [0.15, 0.2) is 6.10 Å². The van der Waals surface area contributed by atoms with Crippen LogP contribution >= 0.6 is 0 Å². The van der Waals surface area contributed by atoms with Gasteiger partial charge in [-0.1, -0.05) is 6.07 Å². The van der Waals surface area contributed by atoms with Crippen LogP contribution in [0.15, 0.2) is 48.5 Å². The number of esters is 1. The van der Waals surface area contributed by atoms with Gasteiger partial charge in [0, 0.05) is 12.1 Å². The summed E-state index contributed by atoms with van der Waals surface area (Å²) in [7, 11) is 0. The number of carbonyl (C=O) groups is 1. The second-order valence-corrected chi connectivity index (χ2v) is 4.96. The topological polar surface area (TPSA) is 78.7 Å². The SMILES string of the molecule is CC(Oc1cccc(C(F)(F)F)c1)C(=O)Oc1ccc([N+](=O)[O-])cc1. The van der Waals surface area contributed by atoms with Gasteiger partial charge in [-0.2, -0.15) is 13.2 Å². The van der Waals surface area contributed by atoms with Crippen LogP contribution in [-0.2, 0) is 11.0 Å². The zero-order valence-electron chi connectivity index (χ0n) is 12.8. The van der Waals surface area contributed by atoms with Crippen molar-refractivity contribution >= 4 is 11.7 Å². The molecule has 2 rings (SSSR count). The van der Waals surface area contributed by atoms with Crippen molar-refractivity contribution in [1.29, 1.82) is 0 Å². The summed E-state index contributed by atoms with van der Waals surface area (Å²) in [6.45, 7) is 1.31. The highest BCUT2D eigenvalue weighted by atomic mass is 19.4. The van der Waals surface area contributed by atoms with Crippen molar-refractivity contribution in [2.24, 2.45) is 0 Å². The molecule has 0 fully saturated rings. The Labute approximate surface area is 139 Å². The Balaban J connectivity index is 2.02. The van der Waals surface area contributed by atoms with Crippen LogP contribution in [0.2, 0.25) is 0 Å². The molecule has 0 aliphatic rings. The highest BCUT2D eigenvalue weighted by Crippen LogP contribution is 2.31. The Morgan fingerprint density at radius 1 is 1.12 bits per heavy atom. The van der Waals surface area contributed by atoms with Crippen molar-refractivity contribution in [3.05, 3.63) is 64.2 Å². The number of hydrogen-bond donors (Lipinski definition) is 0. The summed E-state index contributed by atoms with van der Waals surface area (Å²) in [6, 6.07) is 8.86. The lowest BCUT2D eigenvalue weighted by atomic mass is 10.2. The highest BCUT2D eigenvalue weighted by Gasteiger charge is 2.31. The van der Waals surface area contributed by atoms with E-state index in [-0.39, 0.29) is 17.2 Å². The Bertz CT molecular complexity index is 774. The number of halogens is 3. The van der Waals surface area contributed by atoms with E-state index < -0.39 is 28.7 Å². The van der Waals surface area contributed by atoms with E-state index in [2.05, 4.69) is 0 Å². The number of alkyl halides is 3. The number of benzene rings is 2. The maximum absolute atomic E-state index is 12.6.